The normalized spacial score (nSPS) is 20.0. The highest BCUT2D eigenvalue weighted by Gasteiger charge is 2.28. The lowest BCUT2D eigenvalue weighted by Crippen LogP contribution is -2.42. The summed E-state index contributed by atoms with van der Waals surface area (Å²) in [6.07, 6.45) is 4.53. The lowest BCUT2D eigenvalue weighted by Gasteiger charge is -2.33. The van der Waals surface area contributed by atoms with Gasteiger partial charge in [0.15, 0.2) is 0 Å². The van der Waals surface area contributed by atoms with Crippen LogP contribution in [0.3, 0.4) is 0 Å². The highest BCUT2D eigenvalue weighted by Crippen LogP contribution is 2.25. The summed E-state index contributed by atoms with van der Waals surface area (Å²) in [5, 5.41) is 0. The molecule has 118 valence electrons. The van der Waals surface area contributed by atoms with E-state index in [9.17, 15) is 13.2 Å². The summed E-state index contributed by atoms with van der Waals surface area (Å²) in [4.78, 5) is 14.5. The van der Waals surface area contributed by atoms with E-state index >= 15 is 0 Å². The number of rotatable bonds is 3. The van der Waals surface area contributed by atoms with Crippen LogP contribution in [0.25, 0.3) is 0 Å². The third-order valence-electron chi connectivity index (χ3n) is 3.94. The average Bonchev–Trinajstić information content (AvgIpc) is 2.83. The monoisotopic (exact) mass is 332 g/mol. The van der Waals surface area contributed by atoms with Gasteiger partial charge in [0.25, 0.3) is 15.0 Å². The van der Waals surface area contributed by atoms with Gasteiger partial charge in [-0.3, -0.25) is 4.79 Å². The van der Waals surface area contributed by atoms with Gasteiger partial charge in [0, 0.05) is 35.5 Å². The molecule has 0 bridgehead atoms. The molecule has 7 heteroatoms. The van der Waals surface area contributed by atoms with Crippen LogP contribution < -0.4 is 0 Å². The Morgan fingerprint density at radius 1 is 1.38 bits per heavy atom. The van der Waals surface area contributed by atoms with Crippen LogP contribution in [-0.4, -0.2) is 36.4 Å². The van der Waals surface area contributed by atoms with Gasteiger partial charge in [-0.05, 0) is 46.1 Å². The number of hydrogen-bond donors (Lipinski definition) is 0. The first kappa shape index (κ1) is 16.4. The predicted octanol–water partition coefficient (Wildman–Crippen LogP) is 3.01. The molecule has 1 amide bonds. The summed E-state index contributed by atoms with van der Waals surface area (Å²) in [5.74, 6) is -0.123. The molecule has 1 fully saturated rings. The van der Waals surface area contributed by atoms with Gasteiger partial charge < -0.3 is 9.47 Å². The lowest BCUT2D eigenvalue weighted by atomic mass is 10.0. The molecule has 0 radical (unpaired) electrons. The predicted molar refractivity (Wildman–Crippen MR) is 82.2 cm³/mol. The number of aromatic nitrogens is 1. The number of halogens is 1. The van der Waals surface area contributed by atoms with Crippen LogP contribution in [0.15, 0.2) is 17.2 Å². The number of amides is 1. The van der Waals surface area contributed by atoms with E-state index in [0.29, 0.717) is 12.2 Å². The number of likely N-dealkylation sites (tertiary alicyclic amines) is 1. The number of nitrogens with zero attached hydrogens (tertiary/aromatic N) is 2. The van der Waals surface area contributed by atoms with Crippen molar-refractivity contribution >= 4 is 25.6 Å². The van der Waals surface area contributed by atoms with Crippen molar-refractivity contribution in [2.45, 2.75) is 57.0 Å². The van der Waals surface area contributed by atoms with E-state index < -0.39 is 9.05 Å². The van der Waals surface area contributed by atoms with Crippen molar-refractivity contribution in [2.75, 3.05) is 6.54 Å². The second-order valence-corrected chi connectivity index (χ2v) is 8.41. The molecule has 1 aromatic heterocycles. The van der Waals surface area contributed by atoms with Crippen molar-refractivity contribution in [3.8, 4) is 0 Å². The Morgan fingerprint density at radius 3 is 2.57 bits per heavy atom. The second kappa shape index (κ2) is 6.01. The standard InChI is InChI=1S/C14H21ClN2O3S/c1-10(2)17-9-12(21(15,19)20)8-13(17)14(18)16-7-5-4-6-11(16)3/h8-11H,4-7H2,1-3H3. The highest BCUT2D eigenvalue weighted by molar-refractivity contribution is 8.13. The topological polar surface area (TPSA) is 59.4 Å². The maximum Gasteiger partial charge on any atom is 0.270 e. The zero-order valence-corrected chi connectivity index (χ0v) is 14.1. The molecule has 0 aromatic carbocycles. The molecule has 2 rings (SSSR count). The molecule has 1 aliphatic heterocycles. The Morgan fingerprint density at radius 2 is 2.05 bits per heavy atom. The second-order valence-electron chi connectivity index (χ2n) is 5.84. The largest absolute Gasteiger partial charge is 0.340 e. The van der Waals surface area contributed by atoms with Crippen molar-refractivity contribution in [1.29, 1.82) is 0 Å². The molecule has 1 unspecified atom stereocenters. The molecule has 2 heterocycles. The van der Waals surface area contributed by atoms with Gasteiger partial charge >= 0.3 is 0 Å². The maximum atomic E-state index is 12.7. The van der Waals surface area contributed by atoms with Crippen LogP contribution in [0.1, 0.15) is 56.6 Å². The van der Waals surface area contributed by atoms with E-state index in [2.05, 4.69) is 0 Å². The minimum atomic E-state index is -3.84. The van der Waals surface area contributed by atoms with Crippen molar-refractivity contribution in [3.63, 3.8) is 0 Å². The summed E-state index contributed by atoms with van der Waals surface area (Å²) < 4.78 is 24.7. The van der Waals surface area contributed by atoms with E-state index in [1.807, 2.05) is 25.7 Å². The van der Waals surface area contributed by atoms with E-state index in [0.717, 1.165) is 19.3 Å². The van der Waals surface area contributed by atoms with Gasteiger partial charge in [0.2, 0.25) is 0 Å². The minimum absolute atomic E-state index is 0.0174. The van der Waals surface area contributed by atoms with Gasteiger partial charge in [-0.25, -0.2) is 8.42 Å². The third kappa shape index (κ3) is 3.43. The van der Waals surface area contributed by atoms with Crippen molar-refractivity contribution in [3.05, 3.63) is 18.0 Å². The van der Waals surface area contributed by atoms with Gasteiger partial charge in [0.1, 0.15) is 10.6 Å². The van der Waals surface area contributed by atoms with Crippen molar-refractivity contribution in [2.24, 2.45) is 0 Å². The molecule has 0 aliphatic carbocycles. The van der Waals surface area contributed by atoms with Gasteiger partial charge in [-0.1, -0.05) is 0 Å². The Kier molecular flexibility index (Phi) is 4.68. The van der Waals surface area contributed by atoms with Crippen molar-refractivity contribution < 1.29 is 13.2 Å². The summed E-state index contributed by atoms with van der Waals surface area (Å²) in [7, 11) is 1.57. The molecule has 5 nitrogen and oxygen atoms in total. The quantitative estimate of drug-likeness (QED) is 0.799. The Hall–Kier alpha value is -1.01. The van der Waals surface area contributed by atoms with E-state index in [4.69, 9.17) is 10.7 Å². The zero-order chi connectivity index (χ0) is 15.8. The lowest BCUT2D eigenvalue weighted by molar-refractivity contribution is 0.0623. The molecule has 0 saturated carbocycles. The van der Waals surface area contributed by atoms with E-state index in [1.54, 1.807) is 4.57 Å². The van der Waals surface area contributed by atoms with Crippen LogP contribution in [0, 0.1) is 0 Å². The number of hydrogen-bond acceptors (Lipinski definition) is 3. The Balaban J connectivity index is 2.42. The molecule has 0 N–H and O–H groups in total. The molecule has 0 spiro atoms. The van der Waals surface area contributed by atoms with E-state index in [1.165, 1.54) is 12.3 Å². The van der Waals surface area contributed by atoms with Crippen LogP contribution >= 0.6 is 10.7 Å². The average molecular weight is 333 g/mol. The van der Waals surface area contributed by atoms with Gasteiger partial charge in [-0.15, -0.1) is 0 Å². The molecular weight excluding hydrogens is 312 g/mol. The maximum absolute atomic E-state index is 12.7. The molecule has 1 atom stereocenters. The van der Waals surface area contributed by atoms with Gasteiger partial charge in [-0.2, -0.15) is 0 Å². The van der Waals surface area contributed by atoms with Crippen LogP contribution in [-0.2, 0) is 9.05 Å². The first-order valence-electron chi connectivity index (χ1n) is 7.19. The smallest absolute Gasteiger partial charge is 0.270 e. The number of piperidine rings is 1. The van der Waals surface area contributed by atoms with Gasteiger partial charge in [0.05, 0.1) is 0 Å². The first-order chi connectivity index (χ1) is 9.71. The Bertz CT molecular complexity index is 637. The fraction of sp³-hybridized carbons (Fsp3) is 0.643. The first-order valence-corrected chi connectivity index (χ1v) is 9.50. The fourth-order valence-electron chi connectivity index (χ4n) is 2.73. The van der Waals surface area contributed by atoms with Crippen molar-refractivity contribution in [1.82, 2.24) is 9.47 Å². The molecular formula is C14H21ClN2O3S. The van der Waals surface area contributed by atoms with Crippen LogP contribution in [0.5, 0.6) is 0 Å². The van der Waals surface area contributed by atoms with Crippen LogP contribution in [0.4, 0.5) is 0 Å². The SMILES string of the molecule is CC1CCCCN1C(=O)c1cc(S(=O)(=O)Cl)cn1C(C)C. The summed E-state index contributed by atoms with van der Waals surface area (Å²) in [5.41, 5.74) is 0.387. The third-order valence-corrected chi connectivity index (χ3v) is 5.27. The fourth-order valence-corrected chi connectivity index (χ4v) is 3.48. The molecule has 1 saturated heterocycles. The number of carbonyl (C=O) groups is 1. The van der Waals surface area contributed by atoms with E-state index in [-0.39, 0.29) is 22.9 Å². The summed E-state index contributed by atoms with van der Waals surface area (Å²) in [6, 6.07) is 1.54. The summed E-state index contributed by atoms with van der Waals surface area (Å²) >= 11 is 0. The number of carbonyl (C=O) groups excluding carboxylic acids is 1. The molecule has 21 heavy (non-hydrogen) atoms. The molecule has 1 aliphatic rings. The zero-order valence-electron chi connectivity index (χ0n) is 12.5. The van der Waals surface area contributed by atoms with Crippen LogP contribution in [0.2, 0.25) is 0 Å². The Labute approximate surface area is 130 Å². The highest BCUT2D eigenvalue weighted by atomic mass is 35.7. The minimum Gasteiger partial charge on any atom is -0.340 e. The summed E-state index contributed by atoms with van der Waals surface area (Å²) in [6.45, 7) is 6.55. The molecule has 1 aromatic rings.